The van der Waals surface area contributed by atoms with Crippen molar-refractivity contribution in [1.82, 2.24) is 0 Å². The molecule has 1 aliphatic heterocycles. The summed E-state index contributed by atoms with van der Waals surface area (Å²) in [6, 6.07) is 13.7. The molecule has 4 nitrogen and oxygen atoms in total. The van der Waals surface area contributed by atoms with Crippen LogP contribution in [0.3, 0.4) is 0 Å². The molecule has 0 spiro atoms. The maximum absolute atomic E-state index is 12.1. The topological polar surface area (TPSA) is 47.6 Å². The van der Waals surface area contributed by atoms with E-state index >= 15 is 0 Å². The SMILES string of the molecule is COc1ccc(OC)c2c1NC(=O)CC2c1ccccc1. The molecule has 0 radical (unpaired) electrons. The van der Waals surface area contributed by atoms with Crippen molar-refractivity contribution < 1.29 is 14.3 Å². The van der Waals surface area contributed by atoms with E-state index in [-0.39, 0.29) is 11.8 Å². The highest BCUT2D eigenvalue weighted by Crippen LogP contribution is 2.46. The summed E-state index contributed by atoms with van der Waals surface area (Å²) in [6.45, 7) is 0. The molecule has 3 rings (SSSR count). The van der Waals surface area contributed by atoms with E-state index in [2.05, 4.69) is 5.32 Å². The second kappa shape index (κ2) is 5.48. The summed E-state index contributed by atoms with van der Waals surface area (Å²) in [4.78, 5) is 12.1. The molecule has 2 aromatic rings. The van der Waals surface area contributed by atoms with Gasteiger partial charge in [0.05, 0.1) is 19.9 Å². The minimum Gasteiger partial charge on any atom is -0.496 e. The number of carbonyl (C=O) groups is 1. The number of carbonyl (C=O) groups excluding carboxylic acids is 1. The van der Waals surface area contributed by atoms with Gasteiger partial charge in [0, 0.05) is 17.9 Å². The average molecular weight is 283 g/mol. The normalized spacial score (nSPS) is 16.9. The molecule has 21 heavy (non-hydrogen) atoms. The van der Waals surface area contributed by atoms with Gasteiger partial charge in [0.1, 0.15) is 11.5 Å². The van der Waals surface area contributed by atoms with E-state index in [0.29, 0.717) is 17.9 Å². The van der Waals surface area contributed by atoms with Crippen LogP contribution < -0.4 is 14.8 Å². The first-order valence-corrected chi connectivity index (χ1v) is 6.84. The van der Waals surface area contributed by atoms with Crippen LogP contribution in [-0.4, -0.2) is 20.1 Å². The van der Waals surface area contributed by atoms with Gasteiger partial charge in [0.15, 0.2) is 0 Å². The molecule has 0 aliphatic carbocycles. The standard InChI is InChI=1S/C17H17NO3/c1-20-13-8-9-14(21-2)17-16(13)12(10-15(19)18-17)11-6-4-3-5-7-11/h3-9,12H,10H2,1-2H3,(H,18,19). The van der Waals surface area contributed by atoms with E-state index in [1.807, 2.05) is 42.5 Å². The van der Waals surface area contributed by atoms with Crippen LogP contribution >= 0.6 is 0 Å². The fourth-order valence-corrected chi connectivity index (χ4v) is 2.85. The Morgan fingerprint density at radius 1 is 1.00 bits per heavy atom. The van der Waals surface area contributed by atoms with Gasteiger partial charge in [0.25, 0.3) is 0 Å². The average Bonchev–Trinajstić information content (AvgIpc) is 2.53. The highest BCUT2D eigenvalue weighted by Gasteiger charge is 2.31. The monoisotopic (exact) mass is 283 g/mol. The Labute approximate surface area is 123 Å². The number of rotatable bonds is 3. The molecule has 1 amide bonds. The Morgan fingerprint density at radius 3 is 2.33 bits per heavy atom. The molecule has 1 atom stereocenters. The van der Waals surface area contributed by atoms with E-state index < -0.39 is 0 Å². The molecule has 1 unspecified atom stereocenters. The van der Waals surface area contributed by atoms with Crippen LogP contribution in [0.5, 0.6) is 11.5 Å². The Balaban J connectivity index is 2.21. The number of anilines is 1. The third kappa shape index (κ3) is 2.33. The second-order valence-corrected chi connectivity index (χ2v) is 4.97. The summed E-state index contributed by atoms with van der Waals surface area (Å²) in [5.74, 6) is 1.38. The summed E-state index contributed by atoms with van der Waals surface area (Å²) in [5, 5.41) is 2.91. The largest absolute Gasteiger partial charge is 0.496 e. The maximum atomic E-state index is 12.1. The van der Waals surface area contributed by atoms with Crippen molar-refractivity contribution in [2.75, 3.05) is 19.5 Å². The van der Waals surface area contributed by atoms with Crippen LogP contribution in [0.4, 0.5) is 5.69 Å². The second-order valence-electron chi connectivity index (χ2n) is 4.97. The molecule has 0 saturated carbocycles. The minimum atomic E-state index is -0.0278. The van der Waals surface area contributed by atoms with E-state index in [0.717, 1.165) is 16.9 Å². The van der Waals surface area contributed by atoms with Crippen LogP contribution in [0.2, 0.25) is 0 Å². The van der Waals surface area contributed by atoms with Gasteiger partial charge in [-0.3, -0.25) is 4.79 Å². The van der Waals surface area contributed by atoms with Gasteiger partial charge in [0.2, 0.25) is 5.91 Å². The molecule has 2 aromatic carbocycles. The Hall–Kier alpha value is -2.49. The molecular weight excluding hydrogens is 266 g/mol. The van der Waals surface area contributed by atoms with Crippen molar-refractivity contribution in [3.8, 4) is 11.5 Å². The molecule has 1 N–H and O–H groups in total. The van der Waals surface area contributed by atoms with Crippen molar-refractivity contribution in [2.24, 2.45) is 0 Å². The summed E-state index contributed by atoms with van der Waals surface area (Å²) >= 11 is 0. The predicted molar refractivity (Wildman–Crippen MR) is 81.1 cm³/mol. The van der Waals surface area contributed by atoms with Crippen molar-refractivity contribution in [3.05, 3.63) is 53.6 Å². The molecule has 0 bridgehead atoms. The fourth-order valence-electron chi connectivity index (χ4n) is 2.85. The first-order chi connectivity index (χ1) is 10.2. The lowest BCUT2D eigenvalue weighted by molar-refractivity contribution is -0.116. The number of benzene rings is 2. The van der Waals surface area contributed by atoms with Gasteiger partial charge in [-0.25, -0.2) is 0 Å². The van der Waals surface area contributed by atoms with E-state index in [9.17, 15) is 4.79 Å². The summed E-state index contributed by atoms with van der Waals surface area (Å²) < 4.78 is 10.9. The van der Waals surface area contributed by atoms with Gasteiger partial charge in [-0.05, 0) is 17.7 Å². The van der Waals surface area contributed by atoms with Crippen LogP contribution in [-0.2, 0) is 4.79 Å². The summed E-state index contributed by atoms with van der Waals surface area (Å²) in [7, 11) is 3.24. The maximum Gasteiger partial charge on any atom is 0.225 e. The van der Waals surface area contributed by atoms with Crippen molar-refractivity contribution in [2.45, 2.75) is 12.3 Å². The van der Waals surface area contributed by atoms with Crippen molar-refractivity contribution >= 4 is 11.6 Å². The van der Waals surface area contributed by atoms with Gasteiger partial charge in [-0.15, -0.1) is 0 Å². The number of fused-ring (bicyclic) bond motifs is 1. The van der Waals surface area contributed by atoms with Crippen molar-refractivity contribution in [1.29, 1.82) is 0 Å². The van der Waals surface area contributed by atoms with Gasteiger partial charge in [-0.2, -0.15) is 0 Å². The van der Waals surface area contributed by atoms with Gasteiger partial charge in [-0.1, -0.05) is 30.3 Å². The van der Waals surface area contributed by atoms with Crippen LogP contribution in [0.1, 0.15) is 23.5 Å². The minimum absolute atomic E-state index is 0.0112. The first kappa shape index (κ1) is 13.5. The zero-order valence-corrected chi connectivity index (χ0v) is 12.1. The number of nitrogens with one attached hydrogen (secondary N) is 1. The Morgan fingerprint density at radius 2 is 1.67 bits per heavy atom. The molecule has 0 aromatic heterocycles. The fraction of sp³-hybridized carbons (Fsp3) is 0.235. The number of ether oxygens (including phenoxy) is 2. The molecule has 1 heterocycles. The van der Waals surface area contributed by atoms with Crippen LogP contribution in [0.15, 0.2) is 42.5 Å². The summed E-state index contributed by atoms with van der Waals surface area (Å²) in [6.07, 6.45) is 0.403. The zero-order chi connectivity index (χ0) is 14.8. The smallest absolute Gasteiger partial charge is 0.225 e. The molecule has 108 valence electrons. The molecule has 1 aliphatic rings. The lowest BCUT2D eigenvalue weighted by atomic mass is 9.84. The van der Waals surface area contributed by atoms with Gasteiger partial charge < -0.3 is 14.8 Å². The molecule has 0 fully saturated rings. The third-order valence-corrected chi connectivity index (χ3v) is 3.81. The Kier molecular flexibility index (Phi) is 3.52. The van der Waals surface area contributed by atoms with Crippen LogP contribution in [0.25, 0.3) is 0 Å². The highest BCUT2D eigenvalue weighted by molar-refractivity contribution is 5.98. The van der Waals surface area contributed by atoms with Crippen molar-refractivity contribution in [3.63, 3.8) is 0 Å². The zero-order valence-electron chi connectivity index (χ0n) is 12.1. The quantitative estimate of drug-likeness (QED) is 0.941. The summed E-state index contributed by atoms with van der Waals surface area (Å²) in [5.41, 5.74) is 2.78. The highest BCUT2D eigenvalue weighted by atomic mass is 16.5. The lowest BCUT2D eigenvalue weighted by Crippen LogP contribution is -2.24. The van der Waals surface area contributed by atoms with E-state index in [1.165, 1.54) is 0 Å². The number of amides is 1. The number of methoxy groups -OCH3 is 2. The molecule has 4 heteroatoms. The number of hydrogen-bond acceptors (Lipinski definition) is 3. The third-order valence-electron chi connectivity index (χ3n) is 3.81. The van der Waals surface area contributed by atoms with Gasteiger partial charge >= 0.3 is 0 Å². The predicted octanol–water partition coefficient (Wildman–Crippen LogP) is 3.18. The van der Waals surface area contributed by atoms with E-state index in [4.69, 9.17) is 9.47 Å². The molecular formula is C17H17NO3. The molecule has 0 saturated heterocycles. The Bertz CT molecular complexity index is 667. The lowest BCUT2D eigenvalue weighted by Gasteiger charge is -2.29. The van der Waals surface area contributed by atoms with Crippen LogP contribution in [0, 0.1) is 0 Å². The van der Waals surface area contributed by atoms with E-state index in [1.54, 1.807) is 14.2 Å². The number of hydrogen-bond donors (Lipinski definition) is 1. The first-order valence-electron chi connectivity index (χ1n) is 6.84.